The van der Waals surface area contributed by atoms with Crippen LogP contribution in [0.1, 0.15) is 12.2 Å². The number of methoxy groups -OCH3 is 1. The van der Waals surface area contributed by atoms with E-state index in [4.69, 9.17) is 9.15 Å². The van der Waals surface area contributed by atoms with Gasteiger partial charge in [-0.25, -0.2) is 0 Å². The number of hydrogen-bond donors (Lipinski definition) is 1. The summed E-state index contributed by atoms with van der Waals surface area (Å²) in [5.41, 5.74) is 1.79. The largest absolute Gasteiger partial charge is 0.497 e. The summed E-state index contributed by atoms with van der Waals surface area (Å²) in [4.78, 5) is 12.0. The topological polar surface area (TPSA) is 51.5 Å². The van der Waals surface area contributed by atoms with Crippen LogP contribution >= 0.6 is 0 Å². The number of aryl methyl sites for hydroxylation is 1. The fourth-order valence-electron chi connectivity index (χ4n) is 2.40. The van der Waals surface area contributed by atoms with E-state index in [1.165, 1.54) is 0 Å². The van der Waals surface area contributed by atoms with Gasteiger partial charge in [0, 0.05) is 24.1 Å². The number of nitrogens with one attached hydrogen (secondary N) is 1. The smallest absolute Gasteiger partial charge is 0.224 e. The maximum atomic E-state index is 12.0. The first-order valence-electron chi connectivity index (χ1n) is 7.82. The second-order valence-electron chi connectivity index (χ2n) is 5.41. The van der Waals surface area contributed by atoms with Crippen LogP contribution in [0.3, 0.4) is 0 Å². The number of rotatable bonds is 6. The Morgan fingerprint density at radius 3 is 2.46 bits per heavy atom. The predicted octanol–water partition coefficient (Wildman–Crippen LogP) is 4.53. The second-order valence-corrected chi connectivity index (χ2v) is 5.41. The lowest BCUT2D eigenvalue weighted by Crippen LogP contribution is -2.12. The molecule has 0 radical (unpaired) electrons. The average Bonchev–Trinajstić information content (AvgIpc) is 3.10. The van der Waals surface area contributed by atoms with Crippen molar-refractivity contribution in [3.63, 3.8) is 0 Å². The molecule has 2 aromatic carbocycles. The molecule has 0 bridgehead atoms. The number of amides is 1. The van der Waals surface area contributed by atoms with Crippen molar-refractivity contribution in [2.75, 3.05) is 12.4 Å². The van der Waals surface area contributed by atoms with Gasteiger partial charge in [0.1, 0.15) is 17.3 Å². The molecule has 1 amide bonds. The Morgan fingerprint density at radius 1 is 1.00 bits per heavy atom. The zero-order valence-electron chi connectivity index (χ0n) is 13.5. The summed E-state index contributed by atoms with van der Waals surface area (Å²) in [6.07, 6.45) is 0.933. The van der Waals surface area contributed by atoms with E-state index in [-0.39, 0.29) is 5.91 Å². The van der Waals surface area contributed by atoms with Crippen molar-refractivity contribution < 1.29 is 13.9 Å². The summed E-state index contributed by atoms with van der Waals surface area (Å²) in [5, 5.41) is 2.87. The molecule has 0 atom stereocenters. The molecule has 0 fully saturated rings. The van der Waals surface area contributed by atoms with E-state index in [0.29, 0.717) is 12.8 Å². The Balaban J connectivity index is 1.53. The lowest BCUT2D eigenvalue weighted by Gasteiger charge is -2.05. The summed E-state index contributed by atoms with van der Waals surface area (Å²) >= 11 is 0. The highest BCUT2D eigenvalue weighted by Crippen LogP contribution is 2.22. The van der Waals surface area contributed by atoms with Gasteiger partial charge in [-0.2, -0.15) is 0 Å². The number of furan rings is 1. The predicted molar refractivity (Wildman–Crippen MR) is 94.1 cm³/mol. The van der Waals surface area contributed by atoms with Gasteiger partial charge in [0.15, 0.2) is 0 Å². The molecule has 122 valence electrons. The van der Waals surface area contributed by atoms with Crippen molar-refractivity contribution in [3.05, 3.63) is 72.5 Å². The van der Waals surface area contributed by atoms with E-state index in [0.717, 1.165) is 28.5 Å². The third-order valence-corrected chi connectivity index (χ3v) is 3.69. The molecule has 1 N–H and O–H groups in total. The van der Waals surface area contributed by atoms with Crippen molar-refractivity contribution in [3.8, 4) is 17.1 Å². The first-order chi connectivity index (χ1) is 11.7. The highest BCUT2D eigenvalue weighted by molar-refractivity contribution is 5.90. The minimum atomic E-state index is -0.0437. The van der Waals surface area contributed by atoms with Crippen LogP contribution < -0.4 is 10.1 Å². The molecule has 3 rings (SSSR count). The number of carbonyl (C=O) groups is 1. The van der Waals surface area contributed by atoms with Crippen LogP contribution in [0.2, 0.25) is 0 Å². The Labute approximate surface area is 141 Å². The van der Waals surface area contributed by atoms with Crippen LogP contribution in [0, 0.1) is 0 Å². The normalized spacial score (nSPS) is 10.4. The maximum Gasteiger partial charge on any atom is 0.224 e. The zero-order chi connectivity index (χ0) is 16.8. The molecule has 4 nitrogen and oxygen atoms in total. The molecular formula is C20H19NO3. The summed E-state index contributed by atoms with van der Waals surface area (Å²) in [5.74, 6) is 2.34. The van der Waals surface area contributed by atoms with Crippen molar-refractivity contribution >= 4 is 11.6 Å². The van der Waals surface area contributed by atoms with Gasteiger partial charge < -0.3 is 14.5 Å². The third kappa shape index (κ3) is 4.04. The molecular weight excluding hydrogens is 302 g/mol. The van der Waals surface area contributed by atoms with Crippen molar-refractivity contribution in [2.45, 2.75) is 12.8 Å². The van der Waals surface area contributed by atoms with Gasteiger partial charge >= 0.3 is 0 Å². The molecule has 0 saturated carbocycles. The highest BCUT2D eigenvalue weighted by Gasteiger charge is 2.08. The van der Waals surface area contributed by atoms with Gasteiger partial charge in [0.25, 0.3) is 0 Å². The summed E-state index contributed by atoms with van der Waals surface area (Å²) in [7, 11) is 1.61. The second kappa shape index (κ2) is 7.51. The zero-order valence-corrected chi connectivity index (χ0v) is 13.5. The molecule has 1 aromatic heterocycles. The van der Waals surface area contributed by atoms with Crippen molar-refractivity contribution in [1.29, 1.82) is 0 Å². The molecule has 0 aliphatic carbocycles. The summed E-state index contributed by atoms with van der Waals surface area (Å²) in [6, 6.07) is 21.0. The van der Waals surface area contributed by atoms with Crippen LogP contribution in [0.4, 0.5) is 5.69 Å². The minimum absolute atomic E-state index is 0.0437. The molecule has 0 saturated heterocycles. The Kier molecular flexibility index (Phi) is 4.96. The van der Waals surface area contributed by atoms with E-state index in [1.54, 1.807) is 7.11 Å². The quantitative estimate of drug-likeness (QED) is 0.726. The van der Waals surface area contributed by atoms with Crippen LogP contribution in [-0.4, -0.2) is 13.0 Å². The van der Waals surface area contributed by atoms with E-state index < -0.39 is 0 Å². The first-order valence-corrected chi connectivity index (χ1v) is 7.82. The molecule has 0 spiro atoms. The Hall–Kier alpha value is -3.01. The van der Waals surface area contributed by atoms with Crippen molar-refractivity contribution in [2.24, 2.45) is 0 Å². The molecule has 0 aliphatic heterocycles. The van der Waals surface area contributed by atoms with E-state index in [2.05, 4.69) is 5.32 Å². The third-order valence-electron chi connectivity index (χ3n) is 3.69. The lowest BCUT2D eigenvalue weighted by atomic mass is 10.2. The first kappa shape index (κ1) is 15.9. The fraction of sp³-hybridized carbons (Fsp3) is 0.150. The number of carbonyl (C=O) groups excluding carboxylic acids is 1. The minimum Gasteiger partial charge on any atom is -0.497 e. The van der Waals surface area contributed by atoms with Gasteiger partial charge in [-0.15, -0.1) is 0 Å². The van der Waals surface area contributed by atoms with Crippen LogP contribution in [0.5, 0.6) is 5.75 Å². The van der Waals surface area contributed by atoms with Gasteiger partial charge in [-0.1, -0.05) is 30.3 Å². The van der Waals surface area contributed by atoms with Gasteiger partial charge in [-0.05, 0) is 36.4 Å². The monoisotopic (exact) mass is 321 g/mol. The number of ether oxygens (including phenoxy) is 1. The summed E-state index contributed by atoms with van der Waals surface area (Å²) in [6.45, 7) is 0. The molecule has 0 unspecified atom stereocenters. The van der Waals surface area contributed by atoms with Gasteiger partial charge in [-0.3, -0.25) is 4.79 Å². The van der Waals surface area contributed by atoms with Crippen molar-refractivity contribution in [1.82, 2.24) is 0 Å². The average molecular weight is 321 g/mol. The van der Waals surface area contributed by atoms with Crippen LogP contribution in [-0.2, 0) is 11.2 Å². The SMILES string of the molecule is COc1ccc(NC(=O)CCc2ccc(-c3ccccc3)o2)cc1. The fourth-order valence-corrected chi connectivity index (χ4v) is 2.40. The maximum absolute atomic E-state index is 12.0. The summed E-state index contributed by atoms with van der Waals surface area (Å²) < 4.78 is 10.9. The van der Waals surface area contributed by atoms with Crippen LogP contribution in [0.15, 0.2) is 71.1 Å². The molecule has 4 heteroatoms. The lowest BCUT2D eigenvalue weighted by molar-refractivity contribution is -0.116. The number of anilines is 1. The standard InChI is InChI=1S/C20H19NO3/c1-23-17-9-7-16(8-10-17)21-20(22)14-12-18-11-13-19(24-18)15-5-3-2-4-6-15/h2-11,13H,12,14H2,1H3,(H,21,22). The Bertz CT molecular complexity index is 791. The van der Waals surface area contributed by atoms with E-state index in [9.17, 15) is 4.79 Å². The number of hydrogen-bond acceptors (Lipinski definition) is 3. The molecule has 24 heavy (non-hydrogen) atoms. The molecule has 0 aliphatic rings. The highest BCUT2D eigenvalue weighted by atomic mass is 16.5. The van der Waals surface area contributed by atoms with E-state index >= 15 is 0 Å². The number of benzene rings is 2. The van der Waals surface area contributed by atoms with Gasteiger partial charge in [0.2, 0.25) is 5.91 Å². The van der Waals surface area contributed by atoms with Gasteiger partial charge in [0.05, 0.1) is 7.11 Å². The van der Waals surface area contributed by atoms with E-state index in [1.807, 2.05) is 66.7 Å². The van der Waals surface area contributed by atoms with Crippen LogP contribution in [0.25, 0.3) is 11.3 Å². The molecule has 1 heterocycles. The Morgan fingerprint density at radius 2 is 1.75 bits per heavy atom. The molecule has 3 aromatic rings.